The molecule has 0 radical (unpaired) electrons. The van der Waals surface area contributed by atoms with Crippen molar-refractivity contribution >= 4 is 0 Å². The summed E-state index contributed by atoms with van der Waals surface area (Å²) < 4.78 is 13.1. The van der Waals surface area contributed by atoms with E-state index in [4.69, 9.17) is 0 Å². The Labute approximate surface area is 97.3 Å². The number of hydrogen-bond acceptors (Lipinski definition) is 1. The first-order chi connectivity index (χ1) is 7.30. The molecule has 0 spiro atoms. The first-order valence-corrected chi connectivity index (χ1v) is 5.79. The van der Waals surface area contributed by atoms with E-state index >= 15 is 0 Å². The monoisotopic (exact) mass is 224 g/mol. The van der Waals surface area contributed by atoms with E-state index in [9.17, 15) is 9.50 Å². The molecule has 0 saturated carbocycles. The molecule has 0 aliphatic rings. The Morgan fingerprint density at radius 2 is 1.62 bits per heavy atom. The Bertz CT molecular complexity index is 361. The quantitative estimate of drug-likeness (QED) is 0.831. The average Bonchev–Trinajstić information content (AvgIpc) is 2.15. The molecule has 0 aliphatic heterocycles. The van der Waals surface area contributed by atoms with Gasteiger partial charge in [-0.1, -0.05) is 33.8 Å². The minimum atomic E-state index is -0.891. The van der Waals surface area contributed by atoms with Crippen LogP contribution in [0.2, 0.25) is 0 Å². The second kappa shape index (κ2) is 4.54. The van der Waals surface area contributed by atoms with Gasteiger partial charge < -0.3 is 5.11 Å². The summed E-state index contributed by atoms with van der Waals surface area (Å²) >= 11 is 0. The Hall–Kier alpha value is -0.890. The van der Waals surface area contributed by atoms with Crippen molar-refractivity contribution in [1.29, 1.82) is 0 Å². The predicted molar refractivity (Wildman–Crippen MR) is 64.7 cm³/mol. The zero-order chi connectivity index (χ0) is 12.5. The largest absolute Gasteiger partial charge is 0.385 e. The van der Waals surface area contributed by atoms with Crippen LogP contribution in [0.5, 0.6) is 0 Å². The summed E-state index contributed by atoms with van der Waals surface area (Å²) in [6.07, 6.45) is 0. The Kier molecular flexibility index (Phi) is 3.74. The molecule has 1 N–H and O–H groups in total. The van der Waals surface area contributed by atoms with Gasteiger partial charge in [0.25, 0.3) is 0 Å². The van der Waals surface area contributed by atoms with E-state index in [-0.39, 0.29) is 17.7 Å². The maximum Gasteiger partial charge on any atom is 0.123 e. The summed E-state index contributed by atoms with van der Waals surface area (Å²) in [5.74, 6) is -0.0653. The summed E-state index contributed by atoms with van der Waals surface area (Å²) in [7, 11) is 0. The van der Waals surface area contributed by atoms with E-state index in [1.807, 2.05) is 34.6 Å². The summed E-state index contributed by atoms with van der Waals surface area (Å²) in [5, 5.41) is 10.8. The summed E-state index contributed by atoms with van der Waals surface area (Å²) in [4.78, 5) is 0. The highest BCUT2D eigenvalue weighted by molar-refractivity contribution is 5.32. The third-order valence-electron chi connectivity index (χ3n) is 3.38. The maximum absolute atomic E-state index is 13.1. The lowest BCUT2D eigenvalue weighted by atomic mass is 9.74. The van der Waals surface area contributed by atoms with Gasteiger partial charge in [0.15, 0.2) is 0 Å². The number of rotatable bonds is 3. The van der Waals surface area contributed by atoms with E-state index in [1.54, 1.807) is 6.07 Å². The van der Waals surface area contributed by atoms with Crippen molar-refractivity contribution in [1.82, 2.24) is 0 Å². The Morgan fingerprint density at radius 3 is 2.00 bits per heavy atom. The van der Waals surface area contributed by atoms with Crippen LogP contribution in [0.15, 0.2) is 18.2 Å². The van der Waals surface area contributed by atoms with Crippen LogP contribution in [0.4, 0.5) is 4.39 Å². The fourth-order valence-electron chi connectivity index (χ4n) is 2.37. The van der Waals surface area contributed by atoms with Gasteiger partial charge in [-0.25, -0.2) is 4.39 Å². The topological polar surface area (TPSA) is 20.2 Å². The van der Waals surface area contributed by atoms with Crippen LogP contribution in [0.25, 0.3) is 0 Å². The summed E-state index contributed by atoms with van der Waals surface area (Å²) in [5.41, 5.74) is 0.751. The molecular formula is C14H21FO. The van der Waals surface area contributed by atoms with Crippen molar-refractivity contribution in [2.45, 2.75) is 40.2 Å². The third-order valence-corrected chi connectivity index (χ3v) is 3.38. The summed E-state index contributed by atoms with van der Waals surface area (Å²) in [6.45, 7) is 9.80. The van der Waals surface area contributed by atoms with E-state index in [0.29, 0.717) is 0 Å². The minimum Gasteiger partial charge on any atom is -0.385 e. The highest BCUT2D eigenvalue weighted by Gasteiger charge is 2.37. The molecule has 0 fully saturated rings. The molecule has 0 aliphatic carbocycles. The van der Waals surface area contributed by atoms with Crippen molar-refractivity contribution in [2.75, 3.05) is 0 Å². The van der Waals surface area contributed by atoms with Crippen molar-refractivity contribution in [3.05, 3.63) is 35.1 Å². The van der Waals surface area contributed by atoms with Crippen molar-refractivity contribution in [3.63, 3.8) is 0 Å². The maximum atomic E-state index is 13.1. The zero-order valence-electron chi connectivity index (χ0n) is 10.7. The second-order valence-corrected chi connectivity index (χ2v) is 5.09. The normalized spacial score (nSPS) is 12.6. The fraction of sp³-hybridized carbons (Fsp3) is 0.571. The third kappa shape index (κ3) is 2.12. The molecule has 0 saturated heterocycles. The SMILES string of the molecule is Cc1cc(F)ccc1C(O)(C(C)C)C(C)C. The predicted octanol–water partition coefficient (Wildman–Crippen LogP) is 3.63. The van der Waals surface area contributed by atoms with Gasteiger partial charge in [-0.3, -0.25) is 0 Å². The van der Waals surface area contributed by atoms with Gasteiger partial charge in [-0.2, -0.15) is 0 Å². The van der Waals surface area contributed by atoms with Crippen LogP contribution in [0.1, 0.15) is 38.8 Å². The number of halogens is 1. The molecule has 0 unspecified atom stereocenters. The van der Waals surface area contributed by atoms with Gasteiger partial charge in [0, 0.05) is 0 Å². The van der Waals surface area contributed by atoms with Gasteiger partial charge in [-0.05, 0) is 42.0 Å². The van der Waals surface area contributed by atoms with E-state index in [0.717, 1.165) is 11.1 Å². The first kappa shape index (κ1) is 13.2. The van der Waals surface area contributed by atoms with E-state index < -0.39 is 5.60 Å². The Morgan fingerprint density at radius 1 is 1.12 bits per heavy atom. The van der Waals surface area contributed by atoms with Gasteiger partial charge in [0.1, 0.15) is 5.82 Å². The molecule has 2 heteroatoms. The molecule has 1 aromatic carbocycles. The minimum absolute atomic E-state index is 0.0941. The smallest absolute Gasteiger partial charge is 0.123 e. The van der Waals surface area contributed by atoms with E-state index in [1.165, 1.54) is 12.1 Å². The van der Waals surface area contributed by atoms with Crippen LogP contribution in [-0.4, -0.2) is 5.11 Å². The molecule has 1 rings (SSSR count). The highest BCUT2D eigenvalue weighted by atomic mass is 19.1. The average molecular weight is 224 g/mol. The highest BCUT2D eigenvalue weighted by Crippen LogP contribution is 2.38. The van der Waals surface area contributed by atoms with Crippen LogP contribution >= 0.6 is 0 Å². The number of benzene rings is 1. The van der Waals surface area contributed by atoms with Crippen LogP contribution < -0.4 is 0 Å². The first-order valence-electron chi connectivity index (χ1n) is 5.79. The van der Waals surface area contributed by atoms with Gasteiger partial charge in [-0.15, -0.1) is 0 Å². The molecule has 1 aromatic rings. The molecular weight excluding hydrogens is 203 g/mol. The molecule has 16 heavy (non-hydrogen) atoms. The van der Waals surface area contributed by atoms with Crippen LogP contribution in [0, 0.1) is 24.6 Å². The molecule has 0 bridgehead atoms. The Balaban J connectivity index is 3.33. The van der Waals surface area contributed by atoms with Gasteiger partial charge in [0.2, 0.25) is 0 Å². The molecule has 90 valence electrons. The molecule has 0 aromatic heterocycles. The second-order valence-electron chi connectivity index (χ2n) is 5.09. The number of hydrogen-bond donors (Lipinski definition) is 1. The summed E-state index contributed by atoms with van der Waals surface area (Å²) in [6, 6.07) is 4.59. The molecule has 0 amide bonds. The van der Waals surface area contributed by atoms with Crippen molar-refractivity contribution in [3.8, 4) is 0 Å². The molecule has 1 nitrogen and oxygen atoms in total. The van der Waals surface area contributed by atoms with Gasteiger partial charge in [0.05, 0.1) is 5.60 Å². The number of aliphatic hydroxyl groups is 1. The molecule has 0 atom stereocenters. The van der Waals surface area contributed by atoms with E-state index in [2.05, 4.69) is 0 Å². The molecule has 0 heterocycles. The lowest BCUT2D eigenvalue weighted by Gasteiger charge is -2.37. The lowest BCUT2D eigenvalue weighted by Crippen LogP contribution is -2.38. The van der Waals surface area contributed by atoms with Crippen molar-refractivity contribution in [2.24, 2.45) is 11.8 Å². The zero-order valence-corrected chi connectivity index (χ0v) is 10.7. The van der Waals surface area contributed by atoms with Crippen LogP contribution in [0.3, 0.4) is 0 Å². The standard InChI is InChI=1S/C14H21FO/c1-9(2)14(16,10(3)4)13-7-6-12(15)8-11(13)5/h6-10,16H,1-5H3. The van der Waals surface area contributed by atoms with Crippen molar-refractivity contribution < 1.29 is 9.50 Å². The number of aryl methyl sites for hydroxylation is 1. The van der Waals surface area contributed by atoms with Gasteiger partial charge >= 0.3 is 0 Å². The van der Waals surface area contributed by atoms with Crippen LogP contribution in [-0.2, 0) is 5.60 Å². The fourth-order valence-corrected chi connectivity index (χ4v) is 2.37. The lowest BCUT2D eigenvalue weighted by molar-refractivity contribution is -0.0536.